The van der Waals surface area contributed by atoms with Crippen molar-refractivity contribution in [2.75, 3.05) is 12.0 Å². The molecule has 8 heteroatoms. The smallest absolute Gasteiger partial charge is 0.285 e. The number of rotatable bonds is 8. The van der Waals surface area contributed by atoms with Crippen molar-refractivity contribution in [2.24, 2.45) is 5.10 Å². The summed E-state index contributed by atoms with van der Waals surface area (Å²) in [7, 11) is 0. The highest BCUT2D eigenvalue weighted by Gasteiger charge is 2.07. The van der Waals surface area contributed by atoms with Crippen LogP contribution in [0.5, 0.6) is 11.5 Å². The van der Waals surface area contributed by atoms with Gasteiger partial charge in [0.2, 0.25) is 0 Å². The Morgan fingerprint density at radius 2 is 2.07 bits per heavy atom. The number of hydrazone groups is 1. The number of aromatic nitrogens is 2. The van der Waals surface area contributed by atoms with E-state index in [2.05, 4.69) is 26.8 Å². The van der Waals surface area contributed by atoms with Gasteiger partial charge in [-0.3, -0.25) is 10.2 Å². The highest BCUT2D eigenvalue weighted by atomic mass is 35.5. The second-order valence-electron chi connectivity index (χ2n) is 6.21. The second-order valence-corrected chi connectivity index (χ2v) is 6.59. The van der Waals surface area contributed by atoms with Crippen molar-refractivity contribution in [1.29, 1.82) is 0 Å². The molecular weight excluding hydrogens is 392 g/mol. The van der Waals surface area contributed by atoms with E-state index in [1.165, 1.54) is 11.8 Å². The van der Waals surface area contributed by atoms with E-state index in [1.54, 1.807) is 6.21 Å². The van der Waals surface area contributed by atoms with Gasteiger partial charge in [-0.05, 0) is 43.2 Å². The number of aromatic amines is 1. The minimum atomic E-state index is -0.486. The number of nitrogens with one attached hydrogen (secondary N) is 2. The standard InChI is InChI=1S/C21H21ClN4O3/c1-3-28-19-10-15(11-23-25-17-12-24-26-21(27)20(17)22)7-8-18(19)29-13-16-6-4-5-14(2)9-16/h4-12H,3,13H2,1-2H3,(H2,25,26,27)/b23-11+. The van der Waals surface area contributed by atoms with Gasteiger partial charge in [-0.1, -0.05) is 41.4 Å². The molecule has 150 valence electrons. The van der Waals surface area contributed by atoms with Gasteiger partial charge in [-0.15, -0.1) is 0 Å². The van der Waals surface area contributed by atoms with Gasteiger partial charge >= 0.3 is 0 Å². The van der Waals surface area contributed by atoms with E-state index < -0.39 is 5.56 Å². The Bertz CT molecular complexity index is 1070. The zero-order chi connectivity index (χ0) is 20.6. The molecule has 0 radical (unpaired) electrons. The average molecular weight is 413 g/mol. The number of benzene rings is 2. The van der Waals surface area contributed by atoms with Gasteiger partial charge in [0.15, 0.2) is 11.5 Å². The van der Waals surface area contributed by atoms with Crippen molar-refractivity contribution in [3.05, 3.63) is 80.7 Å². The highest BCUT2D eigenvalue weighted by molar-refractivity contribution is 6.32. The third-order valence-electron chi connectivity index (χ3n) is 3.94. The Hall–Kier alpha value is -3.32. The predicted molar refractivity (Wildman–Crippen MR) is 114 cm³/mol. The molecule has 0 spiro atoms. The van der Waals surface area contributed by atoms with E-state index in [-0.39, 0.29) is 5.02 Å². The van der Waals surface area contributed by atoms with Crippen LogP contribution < -0.4 is 20.5 Å². The van der Waals surface area contributed by atoms with Crippen LogP contribution in [0.25, 0.3) is 0 Å². The first-order valence-electron chi connectivity index (χ1n) is 9.04. The molecule has 0 fully saturated rings. The number of nitrogens with zero attached hydrogens (tertiary/aromatic N) is 2. The molecule has 3 aromatic rings. The summed E-state index contributed by atoms with van der Waals surface area (Å²) < 4.78 is 11.6. The van der Waals surface area contributed by atoms with Gasteiger partial charge in [0.1, 0.15) is 17.3 Å². The third-order valence-corrected chi connectivity index (χ3v) is 4.31. The fourth-order valence-corrected chi connectivity index (χ4v) is 2.73. The molecule has 0 aliphatic heterocycles. The maximum atomic E-state index is 11.4. The number of hydrogen-bond donors (Lipinski definition) is 2. The van der Waals surface area contributed by atoms with Gasteiger partial charge in [-0.2, -0.15) is 10.2 Å². The van der Waals surface area contributed by atoms with Crippen LogP contribution in [-0.4, -0.2) is 23.0 Å². The molecule has 1 aromatic heterocycles. The Labute approximate surface area is 173 Å². The first kappa shape index (κ1) is 20.4. The van der Waals surface area contributed by atoms with Crippen LogP contribution in [0.15, 0.2) is 58.6 Å². The topological polar surface area (TPSA) is 88.6 Å². The van der Waals surface area contributed by atoms with Crippen LogP contribution in [-0.2, 0) is 6.61 Å². The summed E-state index contributed by atoms with van der Waals surface area (Å²) in [5, 5.41) is 10.0. The van der Waals surface area contributed by atoms with Crippen molar-refractivity contribution in [1.82, 2.24) is 10.2 Å². The van der Waals surface area contributed by atoms with E-state index >= 15 is 0 Å². The van der Waals surface area contributed by atoms with Crippen LogP contribution in [0, 0.1) is 6.92 Å². The lowest BCUT2D eigenvalue weighted by Crippen LogP contribution is -2.10. The Morgan fingerprint density at radius 3 is 2.86 bits per heavy atom. The molecule has 1 heterocycles. The molecular formula is C21H21ClN4O3. The van der Waals surface area contributed by atoms with E-state index in [0.717, 1.165) is 11.1 Å². The summed E-state index contributed by atoms with van der Waals surface area (Å²) in [4.78, 5) is 11.4. The summed E-state index contributed by atoms with van der Waals surface area (Å²) in [6, 6.07) is 13.7. The first-order valence-corrected chi connectivity index (χ1v) is 9.42. The van der Waals surface area contributed by atoms with Gasteiger partial charge in [0, 0.05) is 0 Å². The Morgan fingerprint density at radius 1 is 1.21 bits per heavy atom. The van der Waals surface area contributed by atoms with E-state index in [4.69, 9.17) is 21.1 Å². The molecule has 0 bridgehead atoms. The summed E-state index contributed by atoms with van der Waals surface area (Å²) in [6.45, 7) is 4.92. The van der Waals surface area contributed by atoms with Gasteiger partial charge in [0.05, 0.1) is 19.0 Å². The quantitative estimate of drug-likeness (QED) is 0.428. The molecule has 29 heavy (non-hydrogen) atoms. The lowest BCUT2D eigenvalue weighted by molar-refractivity contribution is 0.269. The Balaban J connectivity index is 1.71. The largest absolute Gasteiger partial charge is 0.490 e. The van der Waals surface area contributed by atoms with Crippen LogP contribution >= 0.6 is 11.6 Å². The minimum Gasteiger partial charge on any atom is -0.490 e. The zero-order valence-electron chi connectivity index (χ0n) is 16.1. The van der Waals surface area contributed by atoms with Crippen LogP contribution in [0.1, 0.15) is 23.6 Å². The molecule has 0 amide bonds. The molecule has 0 saturated heterocycles. The fraction of sp³-hybridized carbons (Fsp3) is 0.190. The molecule has 0 aliphatic carbocycles. The summed E-state index contributed by atoms with van der Waals surface area (Å²) in [5.41, 5.74) is 5.60. The number of anilines is 1. The molecule has 0 saturated carbocycles. The lowest BCUT2D eigenvalue weighted by Gasteiger charge is -2.13. The first-order chi connectivity index (χ1) is 14.1. The molecule has 0 atom stereocenters. The van der Waals surface area contributed by atoms with E-state index in [1.807, 2.05) is 50.2 Å². The number of halogens is 1. The number of ether oxygens (including phenoxy) is 2. The number of hydrogen-bond acceptors (Lipinski definition) is 6. The number of aryl methyl sites for hydroxylation is 1. The van der Waals surface area contributed by atoms with E-state index in [9.17, 15) is 4.79 Å². The fourth-order valence-electron chi connectivity index (χ4n) is 2.59. The van der Waals surface area contributed by atoms with Gasteiger partial charge in [-0.25, -0.2) is 5.10 Å². The van der Waals surface area contributed by atoms with Crippen molar-refractivity contribution in [2.45, 2.75) is 20.5 Å². The molecule has 0 unspecified atom stereocenters. The zero-order valence-corrected chi connectivity index (χ0v) is 16.9. The van der Waals surface area contributed by atoms with Gasteiger partial charge < -0.3 is 9.47 Å². The summed E-state index contributed by atoms with van der Waals surface area (Å²) >= 11 is 5.90. The van der Waals surface area contributed by atoms with E-state index in [0.29, 0.717) is 30.4 Å². The predicted octanol–water partition coefficient (Wildman–Crippen LogP) is 4.16. The van der Waals surface area contributed by atoms with Crippen LogP contribution in [0.2, 0.25) is 5.02 Å². The molecule has 0 aliphatic rings. The van der Waals surface area contributed by atoms with Crippen molar-refractivity contribution in [3.8, 4) is 11.5 Å². The third kappa shape index (κ3) is 5.58. The summed E-state index contributed by atoms with van der Waals surface area (Å²) in [5.74, 6) is 1.28. The SMILES string of the molecule is CCOc1cc(/C=N/Nc2cn[nH]c(=O)c2Cl)ccc1OCc1cccc(C)c1. The monoisotopic (exact) mass is 412 g/mol. The molecule has 2 aromatic carbocycles. The minimum absolute atomic E-state index is 0.00736. The highest BCUT2D eigenvalue weighted by Crippen LogP contribution is 2.29. The normalized spacial score (nSPS) is 10.9. The van der Waals surface area contributed by atoms with Crippen LogP contribution in [0.4, 0.5) is 5.69 Å². The summed E-state index contributed by atoms with van der Waals surface area (Å²) in [6.07, 6.45) is 2.97. The maximum absolute atomic E-state index is 11.4. The average Bonchev–Trinajstić information content (AvgIpc) is 2.71. The maximum Gasteiger partial charge on any atom is 0.285 e. The Kier molecular flexibility index (Phi) is 6.86. The second kappa shape index (κ2) is 9.75. The lowest BCUT2D eigenvalue weighted by atomic mass is 10.1. The van der Waals surface area contributed by atoms with Crippen molar-refractivity contribution >= 4 is 23.5 Å². The molecule has 7 nitrogen and oxygen atoms in total. The van der Waals surface area contributed by atoms with Crippen LogP contribution in [0.3, 0.4) is 0 Å². The van der Waals surface area contributed by atoms with Gasteiger partial charge in [0.25, 0.3) is 5.56 Å². The van der Waals surface area contributed by atoms with Crippen molar-refractivity contribution in [3.63, 3.8) is 0 Å². The number of H-pyrrole nitrogens is 1. The van der Waals surface area contributed by atoms with Crippen molar-refractivity contribution < 1.29 is 9.47 Å². The molecule has 2 N–H and O–H groups in total. The molecule has 3 rings (SSSR count).